The highest BCUT2D eigenvalue weighted by Crippen LogP contribution is 2.36. The number of hydrogen-bond donors (Lipinski definition) is 1. The number of ether oxygens (including phenoxy) is 2. The number of aryl methyl sites for hydroxylation is 2. The zero-order chi connectivity index (χ0) is 31.9. The van der Waals surface area contributed by atoms with E-state index in [0.29, 0.717) is 12.2 Å². The molecule has 3 aromatic rings. The molecule has 0 saturated heterocycles. The number of benzene rings is 3. The van der Waals surface area contributed by atoms with Gasteiger partial charge < -0.3 is 19.7 Å². The Morgan fingerprint density at radius 1 is 0.955 bits per heavy atom. The van der Waals surface area contributed by atoms with Gasteiger partial charge in [-0.25, -0.2) is 8.42 Å². The minimum absolute atomic E-state index is 0.0252. The maximum Gasteiger partial charge on any atom is 0.264 e. The van der Waals surface area contributed by atoms with E-state index >= 15 is 0 Å². The molecule has 0 radical (unpaired) electrons. The van der Waals surface area contributed by atoms with Gasteiger partial charge in [0.05, 0.1) is 24.8 Å². The second kappa shape index (κ2) is 14.6. The molecule has 1 atom stereocenters. The Balaban J connectivity index is 1.79. The van der Waals surface area contributed by atoms with Crippen LogP contribution in [0, 0.1) is 13.8 Å². The van der Waals surface area contributed by atoms with Crippen molar-refractivity contribution >= 4 is 27.5 Å². The summed E-state index contributed by atoms with van der Waals surface area (Å²) in [5.74, 6) is -0.0854. The predicted molar refractivity (Wildman–Crippen MR) is 171 cm³/mol. The Morgan fingerprint density at radius 3 is 2.25 bits per heavy atom. The van der Waals surface area contributed by atoms with Crippen molar-refractivity contribution in [1.82, 2.24) is 10.2 Å². The van der Waals surface area contributed by atoms with Gasteiger partial charge in [-0.05, 0) is 68.5 Å². The maximum atomic E-state index is 14.4. The Morgan fingerprint density at radius 2 is 1.64 bits per heavy atom. The van der Waals surface area contributed by atoms with Crippen LogP contribution in [0.1, 0.15) is 55.7 Å². The van der Waals surface area contributed by atoms with Crippen LogP contribution >= 0.6 is 0 Å². The largest absolute Gasteiger partial charge is 0.497 e. The molecule has 4 rings (SSSR count). The zero-order valence-electron chi connectivity index (χ0n) is 26.2. The lowest BCUT2D eigenvalue weighted by Gasteiger charge is -2.34. The van der Waals surface area contributed by atoms with Gasteiger partial charge in [0.1, 0.15) is 24.1 Å². The molecule has 0 aromatic heterocycles. The second-order valence-corrected chi connectivity index (χ2v) is 13.1. The fraction of sp³-hybridized carbons (Fsp3) is 0.412. The summed E-state index contributed by atoms with van der Waals surface area (Å²) in [6, 6.07) is 18.2. The third-order valence-corrected chi connectivity index (χ3v) is 10.0. The molecule has 1 saturated carbocycles. The lowest BCUT2D eigenvalue weighted by atomic mass is 10.1. The molecule has 1 fully saturated rings. The number of methoxy groups -OCH3 is 2. The molecule has 0 spiro atoms. The van der Waals surface area contributed by atoms with E-state index in [4.69, 9.17) is 9.47 Å². The van der Waals surface area contributed by atoms with Crippen LogP contribution in [0.3, 0.4) is 0 Å². The van der Waals surface area contributed by atoms with Gasteiger partial charge in [0.2, 0.25) is 11.8 Å². The molecule has 236 valence electrons. The molecule has 1 aliphatic rings. The molecule has 0 bridgehead atoms. The average Bonchev–Trinajstić information content (AvgIpc) is 3.53. The first kappa shape index (κ1) is 32.9. The molecule has 9 nitrogen and oxygen atoms in total. The number of sulfonamides is 1. The quantitative estimate of drug-likeness (QED) is 0.275. The average molecular weight is 622 g/mol. The summed E-state index contributed by atoms with van der Waals surface area (Å²) < 4.78 is 40.5. The van der Waals surface area contributed by atoms with Crippen molar-refractivity contribution in [3.8, 4) is 11.5 Å². The number of carbonyl (C=O) groups excluding carboxylic acids is 2. The fourth-order valence-corrected chi connectivity index (χ4v) is 7.02. The molecule has 0 heterocycles. The van der Waals surface area contributed by atoms with Crippen molar-refractivity contribution < 1.29 is 27.5 Å². The van der Waals surface area contributed by atoms with Gasteiger partial charge in [0.15, 0.2) is 0 Å². The van der Waals surface area contributed by atoms with E-state index in [2.05, 4.69) is 5.32 Å². The zero-order valence-corrected chi connectivity index (χ0v) is 27.0. The van der Waals surface area contributed by atoms with E-state index in [1.165, 1.54) is 37.3 Å². The van der Waals surface area contributed by atoms with Crippen molar-refractivity contribution in [3.05, 3.63) is 83.4 Å². The number of nitrogens with one attached hydrogen (secondary N) is 1. The van der Waals surface area contributed by atoms with E-state index in [1.54, 1.807) is 24.3 Å². The summed E-state index contributed by atoms with van der Waals surface area (Å²) in [5.41, 5.74) is 2.89. The molecule has 2 amide bonds. The summed E-state index contributed by atoms with van der Waals surface area (Å²) >= 11 is 0. The number of carbonyl (C=O) groups is 2. The van der Waals surface area contributed by atoms with Crippen molar-refractivity contribution in [3.63, 3.8) is 0 Å². The number of rotatable bonds is 13. The highest BCUT2D eigenvalue weighted by atomic mass is 32.2. The highest BCUT2D eigenvalue weighted by Gasteiger charge is 2.36. The first-order valence-corrected chi connectivity index (χ1v) is 16.5. The minimum atomic E-state index is -4.26. The Kier molecular flexibility index (Phi) is 10.9. The topological polar surface area (TPSA) is 105 Å². The monoisotopic (exact) mass is 621 g/mol. The first-order chi connectivity index (χ1) is 21.1. The van der Waals surface area contributed by atoms with Gasteiger partial charge in [-0.1, -0.05) is 61.7 Å². The summed E-state index contributed by atoms with van der Waals surface area (Å²) in [6.07, 6.45) is 4.30. The van der Waals surface area contributed by atoms with Gasteiger partial charge in [-0.15, -0.1) is 0 Å². The normalized spacial score (nSPS) is 14.1. The fourth-order valence-electron chi connectivity index (χ4n) is 5.60. The van der Waals surface area contributed by atoms with E-state index in [-0.39, 0.29) is 34.8 Å². The molecule has 1 N–H and O–H groups in total. The van der Waals surface area contributed by atoms with Crippen LogP contribution in [0.5, 0.6) is 11.5 Å². The third-order valence-electron chi connectivity index (χ3n) is 8.23. The smallest absolute Gasteiger partial charge is 0.264 e. The number of hydrogen-bond acceptors (Lipinski definition) is 6. The van der Waals surface area contributed by atoms with Crippen LogP contribution in [-0.4, -0.2) is 58.0 Å². The first-order valence-electron chi connectivity index (χ1n) is 15.0. The van der Waals surface area contributed by atoms with Crippen molar-refractivity contribution in [1.29, 1.82) is 0 Å². The maximum absolute atomic E-state index is 14.4. The number of anilines is 1. The molecule has 0 aliphatic heterocycles. The highest BCUT2D eigenvalue weighted by molar-refractivity contribution is 7.92. The van der Waals surface area contributed by atoms with Crippen molar-refractivity contribution in [2.45, 2.75) is 76.4 Å². The molecule has 0 unspecified atom stereocenters. The summed E-state index contributed by atoms with van der Waals surface area (Å²) in [7, 11) is -1.34. The van der Waals surface area contributed by atoms with Gasteiger partial charge in [-0.3, -0.25) is 13.9 Å². The second-order valence-electron chi connectivity index (χ2n) is 11.2. The lowest BCUT2D eigenvalue weighted by molar-refractivity contribution is -0.140. The number of nitrogens with zero attached hydrogens (tertiary/aromatic N) is 2. The van der Waals surface area contributed by atoms with Crippen LogP contribution in [0.15, 0.2) is 71.6 Å². The van der Waals surface area contributed by atoms with Gasteiger partial charge >= 0.3 is 0 Å². The van der Waals surface area contributed by atoms with Crippen molar-refractivity contribution in [2.75, 3.05) is 25.1 Å². The molecule has 44 heavy (non-hydrogen) atoms. The molecule has 10 heteroatoms. The van der Waals surface area contributed by atoms with Crippen LogP contribution in [0.2, 0.25) is 0 Å². The van der Waals surface area contributed by atoms with Gasteiger partial charge in [0.25, 0.3) is 10.0 Å². The van der Waals surface area contributed by atoms with E-state index in [1.807, 2.05) is 45.0 Å². The van der Waals surface area contributed by atoms with Crippen LogP contribution in [-0.2, 0) is 26.2 Å². The van der Waals surface area contributed by atoms with Crippen LogP contribution in [0.25, 0.3) is 0 Å². The third kappa shape index (κ3) is 7.53. The van der Waals surface area contributed by atoms with Crippen molar-refractivity contribution in [2.24, 2.45) is 0 Å². The minimum Gasteiger partial charge on any atom is -0.497 e. The van der Waals surface area contributed by atoms with E-state index in [9.17, 15) is 18.0 Å². The van der Waals surface area contributed by atoms with Crippen LogP contribution in [0.4, 0.5) is 5.69 Å². The van der Waals surface area contributed by atoms with Gasteiger partial charge in [-0.2, -0.15) is 0 Å². The number of amides is 2. The standard InChI is InChI=1S/C34H43N3O6S/c1-6-30(34(39)35-27-13-9-10-14-27)36(22-26-12-8-7-11-25(26)3)33(38)23-37(31-21-28(42-4)17-20-32(31)43-5)44(40,41)29-18-15-24(2)16-19-29/h7-8,11-12,15-21,27,30H,6,9-10,13-14,22-23H2,1-5H3,(H,35,39)/t30-/m0/s1. The summed E-state index contributed by atoms with van der Waals surface area (Å²) in [5, 5.41) is 3.14. The molecule has 3 aromatic carbocycles. The molecular weight excluding hydrogens is 578 g/mol. The summed E-state index contributed by atoms with van der Waals surface area (Å²) in [6.45, 7) is 5.28. The summed E-state index contributed by atoms with van der Waals surface area (Å²) in [4.78, 5) is 29.6. The Labute approximate surface area is 261 Å². The predicted octanol–water partition coefficient (Wildman–Crippen LogP) is 5.38. The lowest BCUT2D eigenvalue weighted by Crippen LogP contribution is -2.53. The SMILES string of the molecule is CC[C@@H](C(=O)NC1CCCC1)N(Cc1ccccc1C)C(=O)CN(c1cc(OC)ccc1OC)S(=O)(=O)c1ccc(C)cc1. The van der Waals surface area contributed by atoms with Crippen LogP contribution < -0.4 is 19.1 Å². The Hall–Kier alpha value is -4.05. The molecule has 1 aliphatic carbocycles. The van der Waals surface area contributed by atoms with Gasteiger partial charge in [0, 0.05) is 18.7 Å². The Bertz CT molecular complexity index is 1550. The van der Waals surface area contributed by atoms with E-state index < -0.39 is 28.5 Å². The molecular formula is C34H43N3O6S. The van der Waals surface area contributed by atoms with E-state index in [0.717, 1.165) is 46.7 Å².